The lowest BCUT2D eigenvalue weighted by Gasteiger charge is -2.28. The largest absolute Gasteiger partial charge is 0.381 e. The molecule has 0 aliphatic rings. The predicted octanol–water partition coefficient (Wildman–Crippen LogP) is 2.71. The minimum absolute atomic E-state index is 0.0676. The highest BCUT2D eigenvalue weighted by molar-refractivity contribution is 5.58. The average Bonchev–Trinajstić information content (AvgIpc) is 3.33. The van der Waals surface area contributed by atoms with Gasteiger partial charge in [-0.05, 0) is 19.1 Å². The molecule has 0 amide bonds. The zero-order chi connectivity index (χ0) is 20.4. The van der Waals surface area contributed by atoms with Crippen LogP contribution in [0.4, 0.5) is 8.78 Å². The van der Waals surface area contributed by atoms with Gasteiger partial charge in [0.15, 0.2) is 0 Å². The van der Waals surface area contributed by atoms with Crippen LogP contribution in [0.2, 0.25) is 0 Å². The standard InChI is InChI=1S/C20H18F2N6O/c1-14-3-2-4-15(7-14)19-9-27(26-25-19)10-20(29,11-28-13-23-12-24-28)17-6-5-16(21)8-18(17)22/h2-9,12-13,29H,10-11H2,1H3. The number of aliphatic hydroxyl groups is 1. The van der Waals surface area contributed by atoms with Gasteiger partial charge in [0, 0.05) is 17.2 Å². The molecule has 1 atom stereocenters. The molecule has 0 fully saturated rings. The summed E-state index contributed by atoms with van der Waals surface area (Å²) in [7, 11) is 0. The topological polar surface area (TPSA) is 81.7 Å². The molecule has 2 heterocycles. The summed E-state index contributed by atoms with van der Waals surface area (Å²) in [6.07, 6.45) is 4.39. The van der Waals surface area contributed by atoms with Gasteiger partial charge in [-0.25, -0.2) is 23.1 Å². The van der Waals surface area contributed by atoms with E-state index in [1.165, 1.54) is 28.1 Å². The second-order valence-corrected chi connectivity index (χ2v) is 6.92. The van der Waals surface area contributed by atoms with Crippen LogP contribution < -0.4 is 0 Å². The third kappa shape index (κ3) is 4.04. The molecule has 148 valence electrons. The fraction of sp³-hybridized carbons (Fsp3) is 0.200. The monoisotopic (exact) mass is 396 g/mol. The first-order chi connectivity index (χ1) is 13.9. The molecule has 4 aromatic rings. The molecule has 0 aliphatic heterocycles. The average molecular weight is 396 g/mol. The van der Waals surface area contributed by atoms with Gasteiger partial charge in [-0.15, -0.1) is 5.10 Å². The Morgan fingerprint density at radius 2 is 1.90 bits per heavy atom. The Kier molecular flexibility index (Phi) is 4.89. The zero-order valence-corrected chi connectivity index (χ0v) is 15.6. The van der Waals surface area contributed by atoms with Crippen molar-refractivity contribution in [3.63, 3.8) is 0 Å². The normalized spacial score (nSPS) is 13.4. The Morgan fingerprint density at radius 1 is 1.07 bits per heavy atom. The molecule has 7 nitrogen and oxygen atoms in total. The molecule has 0 aliphatic carbocycles. The van der Waals surface area contributed by atoms with E-state index in [0.29, 0.717) is 5.69 Å². The predicted molar refractivity (Wildman–Crippen MR) is 100 cm³/mol. The molecule has 0 radical (unpaired) electrons. The van der Waals surface area contributed by atoms with Gasteiger partial charge in [0.1, 0.15) is 35.6 Å². The first-order valence-electron chi connectivity index (χ1n) is 8.90. The third-order valence-corrected chi connectivity index (χ3v) is 4.60. The van der Waals surface area contributed by atoms with E-state index in [1.54, 1.807) is 6.20 Å². The van der Waals surface area contributed by atoms with E-state index >= 15 is 0 Å². The van der Waals surface area contributed by atoms with Gasteiger partial charge in [-0.2, -0.15) is 5.10 Å². The van der Waals surface area contributed by atoms with Crippen molar-refractivity contribution in [2.24, 2.45) is 0 Å². The van der Waals surface area contributed by atoms with Crippen molar-refractivity contribution in [2.45, 2.75) is 25.6 Å². The summed E-state index contributed by atoms with van der Waals surface area (Å²) in [4.78, 5) is 3.85. The minimum Gasteiger partial charge on any atom is -0.381 e. The molecule has 0 saturated heterocycles. The van der Waals surface area contributed by atoms with Crippen LogP contribution in [0.25, 0.3) is 11.3 Å². The van der Waals surface area contributed by atoms with Gasteiger partial charge in [0.2, 0.25) is 0 Å². The number of nitrogens with zero attached hydrogens (tertiary/aromatic N) is 6. The summed E-state index contributed by atoms with van der Waals surface area (Å²) >= 11 is 0. The van der Waals surface area contributed by atoms with Gasteiger partial charge in [-0.1, -0.05) is 35.0 Å². The van der Waals surface area contributed by atoms with Gasteiger partial charge in [0.25, 0.3) is 0 Å². The van der Waals surface area contributed by atoms with Crippen LogP contribution in [0.5, 0.6) is 0 Å². The third-order valence-electron chi connectivity index (χ3n) is 4.60. The quantitative estimate of drug-likeness (QED) is 0.542. The van der Waals surface area contributed by atoms with Crippen molar-refractivity contribution in [1.29, 1.82) is 0 Å². The van der Waals surface area contributed by atoms with Crippen LogP contribution in [-0.4, -0.2) is 34.9 Å². The van der Waals surface area contributed by atoms with E-state index in [2.05, 4.69) is 20.4 Å². The van der Waals surface area contributed by atoms with Crippen LogP contribution in [0.3, 0.4) is 0 Å². The van der Waals surface area contributed by atoms with Gasteiger partial charge >= 0.3 is 0 Å². The van der Waals surface area contributed by atoms with Gasteiger partial charge < -0.3 is 5.11 Å². The van der Waals surface area contributed by atoms with Crippen molar-refractivity contribution < 1.29 is 13.9 Å². The van der Waals surface area contributed by atoms with Gasteiger partial charge in [0.05, 0.1) is 19.3 Å². The number of hydrogen-bond acceptors (Lipinski definition) is 5. The fourth-order valence-corrected chi connectivity index (χ4v) is 3.25. The summed E-state index contributed by atoms with van der Waals surface area (Å²) in [5.74, 6) is -1.58. The number of hydrogen-bond donors (Lipinski definition) is 1. The molecule has 0 bridgehead atoms. The molecule has 9 heteroatoms. The van der Waals surface area contributed by atoms with Gasteiger partial charge in [-0.3, -0.25) is 0 Å². The Balaban J connectivity index is 1.69. The lowest BCUT2D eigenvalue weighted by Crippen LogP contribution is -2.37. The fourth-order valence-electron chi connectivity index (χ4n) is 3.25. The van der Waals surface area contributed by atoms with Crippen molar-refractivity contribution >= 4 is 0 Å². The maximum absolute atomic E-state index is 14.5. The summed E-state index contributed by atoms with van der Waals surface area (Å²) in [6.45, 7) is 1.76. The Bertz CT molecular complexity index is 1130. The van der Waals surface area contributed by atoms with Crippen molar-refractivity contribution in [3.8, 4) is 11.3 Å². The van der Waals surface area contributed by atoms with Crippen LogP contribution in [0, 0.1) is 18.6 Å². The summed E-state index contributed by atoms with van der Waals surface area (Å²) < 4.78 is 30.7. The summed E-state index contributed by atoms with van der Waals surface area (Å²) in [5.41, 5.74) is 0.749. The molecule has 1 unspecified atom stereocenters. The maximum atomic E-state index is 14.5. The second-order valence-electron chi connectivity index (χ2n) is 6.92. The number of rotatable bonds is 6. The Morgan fingerprint density at radius 3 is 2.62 bits per heavy atom. The molecule has 0 saturated carbocycles. The molecular formula is C20H18F2N6O. The second kappa shape index (κ2) is 7.51. The van der Waals surface area contributed by atoms with Crippen molar-refractivity contribution in [2.75, 3.05) is 0 Å². The molecule has 4 rings (SSSR count). The lowest BCUT2D eigenvalue weighted by atomic mass is 9.93. The molecule has 29 heavy (non-hydrogen) atoms. The van der Waals surface area contributed by atoms with Crippen LogP contribution >= 0.6 is 0 Å². The van der Waals surface area contributed by atoms with Crippen LogP contribution in [0.15, 0.2) is 61.3 Å². The first kappa shape index (κ1) is 18.9. The number of aryl methyl sites for hydroxylation is 1. The van der Waals surface area contributed by atoms with E-state index in [-0.39, 0.29) is 18.7 Å². The summed E-state index contributed by atoms with van der Waals surface area (Å²) in [6, 6.07) is 10.8. The highest BCUT2D eigenvalue weighted by Crippen LogP contribution is 2.29. The molecular weight excluding hydrogens is 378 g/mol. The van der Waals surface area contributed by atoms with Crippen LogP contribution in [-0.2, 0) is 18.7 Å². The van der Waals surface area contributed by atoms with Crippen molar-refractivity contribution in [1.82, 2.24) is 29.8 Å². The number of halogens is 2. The molecule has 2 aromatic carbocycles. The highest BCUT2D eigenvalue weighted by atomic mass is 19.1. The van der Waals surface area contributed by atoms with E-state index in [9.17, 15) is 13.9 Å². The molecule has 1 N–H and O–H groups in total. The Hall–Kier alpha value is -3.46. The SMILES string of the molecule is Cc1cccc(-c2cn(CC(O)(Cn3cncn3)c3ccc(F)cc3F)nn2)c1. The highest BCUT2D eigenvalue weighted by Gasteiger charge is 2.34. The first-order valence-corrected chi connectivity index (χ1v) is 8.90. The van der Waals surface area contributed by atoms with E-state index in [4.69, 9.17) is 0 Å². The molecule has 2 aromatic heterocycles. The maximum Gasteiger partial charge on any atom is 0.137 e. The number of benzene rings is 2. The van der Waals surface area contributed by atoms with E-state index < -0.39 is 17.2 Å². The smallest absolute Gasteiger partial charge is 0.137 e. The summed E-state index contributed by atoms with van der Waals surface area (Å²) in [5, 5.41) is 23.6. The number of aromatic nitrogens is 6. The minimum atomic E-state index is -1.76. The van der Waals surface area contributed by atoms with Crippen LogP contribution in [0.1, 0.15) is 11.1 Å². The van der Waals surface area contributed by atoms with Crippen molar-refractivity contribution in [3.05, 3.63) is 84.1 Å². The zero-order valence-electron chi connectivity index (χ0n) is 15.6. The van der Waals surface area contributed by atoms with E-state index in [0.717, 1.165) is 23.3 Å². The Labute approximate surface area is 165 Å². The molecule has 0 spiro atoms. The lowest BCUT2D eigenvalue weighted by molar-refractivity contribution is -0.00890. The van der Waals surface area contributed by atoms with E-state index in [1.807, 2.05) is 31.2 Å².